The van der Waals surface area contributed by atoms with Crippen molar-refractivity contribution >= 4 is 0 Å². The second-order valence-electron chi connectivity index (χ2n) is 13.3. The highest BCUT2D eigenvalue weighted by Crippen LogP contribution is 2.44. The number of allylic oxidation sites excluding steroid dienone is 1. The van der Waals surface area contributed by atoms with E-state index >= 15 is 8.78 Å². The van der Waals surface area contributed by atoms with Crippen LogP contribution in [0.5, 0.6) is 0 Å². The molecular formula is C40H49F3. The molecule has 0 radical (unpaired) electrons. The first-order valence-electron chi connectivity index (χ1n) is 17.0. The fourth-order valence-corrected chi connectivity index (χ4v) is 7.73. The van der Waals surface area contributed by atoms with E-state index in [4.69, 9.17) is 0 Å². The third kappa shape index (κ3) is 7.83. The average molecular weight is 587 g/mol. The molecule has 2 aliphatic carbocycles. The van der Waals surface area contributed by atoms with Gasteiger partial charge in [-0.3, -0.25) is 0 Å². The largest absolute Gasteiger partial charge is 0.207 e. The van der Waals surface area contributed by atoms with Gasteiger partial charge in [0.05, 0.1) is 0 Å². The van der Waals surface area contributed by atoms with Gasteiger partial charge in [0.2, 0.25) is 0 Å². The maximum atomic E-state index is 15.4. The number of halogens is 3. The molecule has 43 heavy (non-hydrogen) atoms. The Morgan fingerprint density at radius 3 is 1.91 bits per heavy atom. The summed E-state index contributed by atoms with van der Waals surface area (Å²) in [6.45, 7) is 6.16. The van der Waals surface area contributed by atoms with E-state index in [9.17, 15) is 4.39 Å². The summed E-state index contributed by atoms with van der Waals surface area (Å²) in [6, 6.07) is 16.4. The number of benzene rings is 3. The highest BCUT2D eigenvalue weighted by atomic mass is 19.2. The van der Waals surface area contributed by atoms with E-state index in [2.05, 4.69) is 19.6 Å². The Bertz CT molecular complexity index is 1320. The van der Waals surface area contributed by atoms with E-state index in [1.807, 2.05) is 24.3 Å². The summed E-state index contributed by atoms with van der Waals surface area (Å²) in [6.07, 6.45) is 19.1. The lowest BCUT2D eigenvalue weighted by atomic mass is 9.68. The molecule has 2 fully saturated rings. The molecule has 0 bridgehead atoms. The van der Waals surface area contributed by atoms with Gasteiger partial charge in [0.25, 0.3) is 0 Å². The van der Waals surface area contributed by atoms with Crippen molar-refractivity contribution < 1.29 is 13.2 Å². The summed E-state index contributed by atoms with van der Waals surface area (Å²) in [7, 11) is 0. The topological polar surface area (TPSA) is 0 Å². The van der Waals surface area contributed by atoms with Crippen LogP contribution in [0.3, 0.4) is 0 Å². The van der Waals surface area contributed by atoms with Gasteiger partial charge in [0.15, 0.2) is 11.6 Å². The lowest BCUT2D eigenvalue weighted by molar-refractivity contribution is 0.171. The monoisotopic (exact) mass is 586 g/mol. The molecule has 230 valence electrons. The molecule has 2 aliphatic rings. The SMILES string of the molecule is C=CC1CCC(C2CCC(c3ccc(-c4ccc(-c5ccc(CCCCCCCC)c(F)c5F)cc4)cc3F)CC2)CC1. The van der Waals surface area contributed by atoms with Gasteiger partial charge in [-0.05, 0) is 122 Å². The summed E-state index contributed by atoms with van der Waals surface area (Å²) in [4.78, 5) is 0. The zero-order valence-corrected chi connectivity index (χ0v) is 26.0. The van der Waals surface area contributed by atoms with Crippen molar-refractivity contribution in [1.82, 2.24) is 0 Å². The standard InChI is InChI=1S/C40H49F3/c1-3-5-6-7-8-9-10-34-23-26-37(40(43)39(34)42)33-21-17-31(18-22-33)35-24-25-36(38(41)27-35)32-19-15-30(16-20-32)29-13-11-28(4-2)12-14-29/h4,17-18,21-30,32H,2-3,5-16,19-20H2,1H3. The van der Waals surface area contributed by atoms with Gasteiger partial charge in [0, 0.05) is 5.56 Å². The van der Waals surface area contributed by atoms with Gasteiger partial charge in [-0.25, -0.2) is 13.2 Å². The van der Waals surface area contributed by atoms with Crippen LogP contribution in [0.25, 0.3) is 22.3 Å². The third-order valence-corrected chi connectivity index (χ3v) is 10.5. The number of aryl methyl sites for hydroxylation is 1. The zero-order chi connectivity index (χ0) is 30.2. The molecule has 5 rings (SSSR count). The second-order valence-corrected chi connectivity index (χ2v) is 13.3. The maximum absolute atomic E-state index is 15.4. The first-order valence-corrected chi connectivity index (χ1v) is 17.0. The molecule has 0 N–H and O–H groups in total. The molecule has 0 atom stereocenters. The van der Waals surface area contributed by atoms with Gasteiger partial charge in [0.1, 0.15) is 5.82 Å². The van der Waals surface area contributed by atoms with Crippen LogP contribution in [0.1, 0.15) is 114 Å². The molecule has 0 aromatic heterocycles. The highest BCUT2D eigenvalue weighted by molar-refractivity contribution is 5.71. The average Bonchev–Trinajstić information content (AvgIpc) is 3.05. The van der Waals surface area contributed by atoms with Crippen molar-refractivity contribution in [3.05, 3.63) is 95.8 Å². The first-order chi connectivity index (χ1) is 21.0. The van der Waals surface area contributed by atoms with Crippen LogP contribution in [-0.2, 0) is 6.42 Å². The molecule has 0 amide bonds. The number of rotatable bonds is 12. The molecule has 3 aromatic carbocycles. The van der Waals surface area contributed by atoms with Gasteiger partial charge in [-0.15, -0.1) is 6.58 Å². The molecule has 0 aliphatic heterocycles. The third-order valence-electron chi connectivity index (χ3n) is 10.5. The second kappa shape index (κ2) is 15.3. The fraction of sp³-hybridized carbons (Fsp3) is 0.500. The molecule has 0 unspecified atom stereocenters. The first kappa shape index (κ1) is 31.6. The summed E-state index contributed by atoms with van der Waals surface area (Å²) < 4.78 is 45.3. The molecule has 0 heterocycles. The minimum Gasteiger partial charge on any atom is -0.207 e. The van der Waals surface area contributed by atoms with Crippen molar-refractivity contribution in [2.45, 2.75) is 109 Å². The van der Waals surface area contributed by atoms with E-state index in [-0.39, 0.29) is 11.4 Å². The maximum Gasteiger partial charge on any atom is 0.166 e. The molecule has 3 aromatic rings. The number of unbranched alkanes of at least 4 members (excludes halogenated alkanes) is 5. The molecule has 0 spiro atoms. The highest BCUT2D eigenvalue weighted by Gasteiger charge is 2.31. The lowest BCUT2D eigenvalue weighted by Gasteiger charge is -2.37. The van der Waals surface area contributed by atoms with E-state index in [0.29, 0.717) is 29.4 Å². The Labute approximate surface area is 257 Å². The normalized spacial score (nSPS) is 22.4. The van der Waals surface area contributed by atoms with E-state index < -0.39 is 11.6 Å². The van der Waals surface area contributed by atoms with E-state index in [1.54, 1.807) is 30.3 Å². The Balaban J connectivity index is 1.18. The molecule has 2 saturated carbocycles. The van der Waals surface area contributed by atoms with E-state index in [1.165, 1.54) is 57.8 Å². The van der Waals surface area contributed by atoms with Gasteiger partial charge in [-0.1, -0.05) is 93.6 Å². The van der Waals surface area contributed by atoms with Crippen LogP contribution in [0.2, 0.25) is 0 Å². The molecule has 0 saturated heterocycles. The van der Waals surface area contributed by atoms with Crippen LogP contribution >= 0.6 is 0 Å². The Morgan fingerprint density at radius 1 is 0.651 bits per heavy atom. The van der Waals surface area contributed by atoms with Crippen LogP contribution in [0.4, 0.5) is 13.2 Å². The smallest absolute Gasteiger partial charge is 0.166 e. The minimum atomic E-state index is -0.786. The van der Waals surface area contributed by atoms with Crippen molar-refractivity contribution in [3.63, 3.8) is 0 Å². The predicted molar refractivity (Wildman–Crippen MR) is 175 cm³/mol. The van der Waals surface area contributed by atoms with Crippen LogP contribution in [0.15, 0.2) is 67.3 Å². The summed E-state index contributed by atoms with van der Waals surface area (Å²) in [5.41, 5.74) is 3.86. The molecule has 3 heteroatoms. The number of hydrogen-bond donors (Lipinski definition) is 0. The number of hydrogen-bond acceptors (Lipinski definition) is 0. The summed E-state index contributed by atoms with van der Waals surface area (Å²) in [5, 5.41) is 0. The van der Waals surface area contributed by atoms with Crippen molar-refractivity contribution in [2.24, 2.45) is 17.8 Å². The van der Waals surface area contributed by atoms with Crippen LogP contribution < -0.4 is 0 Å². The zero-order valence-electron chi connectivity index (χ0n) is 26.0. The Hall–Kier alpha value is -2.81. The Kier molecular flexibility index (Phi) is 11.2. The predicted octanol–water partition coefficient (Wildman–Crippen LogP) is 12.6. The van der Waals surface area contributed by atoms with Crippen molar-refractivity contribution in [3.8, 4) is 22.3 Å². The quantitative estimate of drug-likeness (QED) is 0.146. The molecule has 0 nitrogen and oxygen atoms in total. The van der Waals surface area contributed by atoms with Gasteiger partial charge in [-0.2, -0.15) is 0 Å². The fourth-order valence-electron chi connectivity index (χ4n) is 7.73. The van der Waals surface area contributed by atoms with Crippen LogP contribution in [0, 0.1) is 35.2 Å². The van der Waals surface area contributed by atoms with Crippen molar-refractivity contribution in [1.29, 1.82) is 0 Å². The Morgan fingerprint density at radius 2 is 1.26 bits per heavy atom. The van der Waals surface area contributed by atoms with Gasteiger partial charge >= 0.3 is 0 Å². The van der Waals surface area contributed by atoms with Crippen LogP contribution in [-0.4, -0.2) is 0 Å². The van der Waals surface area contributed by atoms with Gasteiger partial charge < -0.3 is 0 Å². The van der Waals surface area contributed by atoms with Crippen molar-refractivity contribution in [2.75, 3.05) is 0 Å². The summed E-state index contributed by atoms with van der Waals surface area (Å²) >= 11 is 0. The molecular weight excluding hydrogens is 537 g/mol. The summed E-state index contributed by atoms with van der Waals surface area (Å²) in [5.74, 6) is 0.960. The van der Waals surface area contributed by atoms with E-state index in [0.717, 1.165) is 60.6 Å². The minimum absolute atomic E-state index is 0.134. The lowest BCUT2D eigenvalue weighted by Crippen LogP contribution is -2.25.